The minimum absolute atomic E-state index is 0.0213. The number of aliphatic carboxylic acids is 1. The van der Waals surface area contributed by atoms with E-state index in [2.05, 4.69) is 0 Å². The van der Waals surface area contributed by atoms with Gasteiger partial charge in [0.05, 0.1) is 0 Å². The first-order valence-corrected chi connectivity index (χ1v) is 2.80. The zero-order valence-corrected chi connectivity index (χ0v) is 5.41. The topological polar surface area (TPSA) is 106 Å². The normalized spacial score (nSPS) is 12.5. The number of nitrogens with two attached hydrogens (primary N) is 2. The minimum atomic E-state index is -1.11. The molecule has 10 heavy (non-hydrogen) atoms. The van der Waals surface area contributed by atoms with Gasteiger partial charge in [-0.2, -0.15) is 0 Å². The van der Waals surface area contributed by atoms with Crippen molar-refractivity contribution in [3.05, 3.63) is 0 Å². The van der Waals surface area contributed by atoms with E-state index in [4.69, 9.17) is 16.6 Å². The van der Waals surface area contributed by atoms with Crippen LogP contribution in [0.15, 0.2) is 0 Å². The van der Waals surface area contributed by atoms with E-state index in [0.717, 1.165) is 0 Å². The molecule has 0 heterocycles. The quantitative estimate of drug-likeness (QED) is 0.428. The number of carbonyl (C=O) groups excluding carboxylic acids is 1. The van der Waals surface area contributed by atoms with Crippen molar-refractivity contribution in [2.24, 2.45) is 11.5 Å². The Balaban J connectivity index is 3.49. The van der Waals surface area contributed by atoms with Crippen LogP contribution in [0.3, 0.4) is 0 Å². The highest BCUT2D eigenvalue weighted by molar-refractivity contribution is 5.76. The summed E-state index contributed by atoms with van der Waals surface area (Å²) in [4.78, 5) is 20.1. The second-order valence-corrected chi connectivity index (χ2v) is 1.95. The summed E-state index contributed by atoms with van der Waals surface area (Å²) in [5.74, 6) is -1.64. The average Bonchev–Trinajstić information content (AvgIpc) is 1.82. The average molecular weight is 147 g/mol. The van der Waals surface area contributed by atoms with Gasteiger partial charge in [-0.1, -0.05) is 0 Å². The maximum Gasteiger partial charge on any atom is 0.320 e. The Bertz CT molecular complexity index is 146. The Hall–Kier alpha value is -1.10. The number of hydrogen-bond acceptors (Lipinski definition) is 3. The van der Waals surface area contributed by atoms with Crippen LogP contribution in [0.1, 0.15) is 12.8 Å². The Morgan fingerprint density at radius 3 is 2.30 bits per heavy atom. The zero-order chi connectivity index (χ0) is 8.15. The number of carbonyl (C=O) groups is 2. The molecule has 1 atom stereocenters. The molecule has 58 valence electrons. The predicted octanol–water partition coefficient (Wildman–Crippen LogP) is -1.34. The van der Waals surface area contributed by atoms with Gasteiger partial charge in [0.25, 0.3) is 0 Å². The third-order valence-electron chi connectivity index (χ3n) is 1.02. The molecule has 0 fully saturated rings. The third kappa shape index (κ3) is 3.85. The molecule has 5 heteroatoms. The summed E-state index contributed by atoms with van der Waals surface area (Å²) in [6, 6.07) is -0.979. The van der Waals surface area contributed by atoms with Crippen LogP contribution in [-0.4, -0.2) is 23.0 Å². The lowest BCUT2D eigenvalue weighted by Gasteiger charge is -2.01. The van der Waals surface area contributed by atoms with E-state index in [9.17, 15) is 9.59 Å². The van der Waals surface area contributed by atoms with E-state index >= 15 is 0 Å². The summed E-state index contributed by atoms with van der Waals surface area (Å²) in [5.41, 5.74) is 9.81. The van der Waals surface area contributed by atoms with Gasteiger partial charge in [-0.3, -0.25) is 9.59 Å². The van der Waals surface area contributed by atoms with E-state index in [1.54, 1.807) is 0 Å². The second kappa shape index (κ2) is 3.84. The Kier molecular flexibility index (Phi) is 3.42. The molecule has 0 saturated carbocycles. The van der Waals surface area contributed by atoms with Crippen LogP contribution in [0, 0.1) is 0 Å². The molecule has 1 unspecified atom stereocenters. The number of amides is 1. The molecule has 1 amide bonds. The zero-order valence-electron chi connectivity index (χ0n) is 5.41. The first kappa shape index (κ1) is 8.90. The lowest BCUT2D eigenvalue weighted by atomic mass is 10.2. The molecular formula is C5H10N2O3. The molecule has 0 saturated heterocycles. The van der Waals surface area contributed by atoms with Gasteiger partial charge in [0.2, 0.25) is 5.91 Å². The van der Waals surface area contributed by atoms with Crippen molar-refractivity contribution in [2.45, 2.75) is 18.9 Å². The predicted molar refractivity (Wildman–Crippen MR) is 34.0 cm³/mol. The van der Waals surface area contributed by atoms with Gasteiger partial charge in [-0.25, -0.2) is 0 Å². The lowest BCUT2D eigenvalue weighted by molar-refractivity contribution is -0.138. The molecule has 0 aromatic heterocycles. The Morgan fingerprint density at radius 2 is 2.00 bits per heavy atom. The van der Waals surface area contributed by atoms with Gasteiger partial charge in [0.1, 0.15) is 6.04 Å². The first-order valence-electron chi connectivity index (χ1n) is 2.80. The van der Waals surface area contributed by atoms with Gasteiger partial charge in [-0.15, -0.1) is 0 Å². The maximum atomic E-state index is 10.1. The SMILES string of the molecule is NC(CCC([15NH2])=O)C(=O)O. The first-order chi connectivity index (χ1) is 4.54. The molecule has 0 aromatic carbocycles. The molecular weight excluding hydrogens is 137 g/mol. The third-order valence-corrected chi connectivity index (χ3v) is 1.02. The molecule has 0 aliphatic carbocycles. The van der Waals surface area contributed by atoms with Crippen molar-refractivity contribution in [2.75, 3.05) is 0 Å². The molecule has 5 nitrogen and oxygen atoms in total. The van der Waals surface area contributed by atoms with E-state index in [-0.39, 0.29) is 12.8 Å². The van der Waals surface area contributed by atoms with E-state index in [0.29, 0.717) is 0 Å². The molecule has 0 bridgehead atoms. The molecule has 0 spiro atoms. The number of primary amides is 1. The number of hydrogen-bond donors (Lipinski definition) is 3. The molecule has 5 N–H and O–H groups in total. The smallest absolute Gasteiger partial charge is 0.320 e. The van der Waals surface area contributed by atoms with Gasteiger partial charge in [0, 0.05) is 6.42 Å². The van der Waals surface area contributed by atoms with Crippen LogP contribution >= 0.6 is 0 Å². The van der Waals surface area contributed by atoms with Crippen molar-refractivity contribution in [1.29, 1.82) is 0 Å². The Labute approximate surface area is 58.0 Å². The second-order valence-electron chi connectivity index (χ2n) is 1.95. The molecule has 0 aliphatic rings. The van der Waals surface area contributed by atoms with Crippen molar-refractivity contribution >= 4 is 11.9 Å². The fourth-order valence-corrected chi connectivity index (χ4v) is 0.421. The highest BCUT2D eigenvalue weighted by Crippen LogP contribution is 1.92. The molecule has 0 aromatic rings. The fraction of sp³-hybridized carbons (Fsp3) is 0.600. The summed E-state index contributed by atoms with van der Waals surface area (Å²) in [7, 11) is 0. The lowest BCUT2D eigenvalue weighted by Crippen LogP contribution is -2.31. The standard InChI is InChI=1S/C5H10N2O3/c6-3(5(9)10)1-2-4(7)8/h3H,1-2,6H2,(H2,7,8)(H,9,10)/i7+1. The maximum absolute atomic E-state index is 10.1. The van der Waals surface area contributed by atoms with Crippen LogP contribution in [0.25, 0.3) is 0 Å². The highest BCUT2D eigenvalue weighted by Gasteiger charge is 2.11. The van der Waals surface area contributed by atoms with Crippen LogP contribution in [-0.2, 0) is 9.59 Å². The summed E-state index contributed by atoms with van der Waals surface area (Å²) in [6.45, 7) is 0. The van der Waals surface area contributed by atoms with E-state index < -0.39 is 17.9 Å². The molecule has 0 rings (SSSR count). The van der Waals surface area contributed by atoms with Gasteiger partial charge in [0.15, 0.2) is 0 Å². The van der Waals surface area contributed by atoms with Crippen LogP contribution in [0.5, 0.6) is 0 Å². The van der Waals surface area contributed by atoms with E-state index in [1.807, 2.05) is 0 Å². The van der Waals surface area contributed by atoms with Crippen molar-refractivity contribution in [3.63, 3.8) is 0 Å². The number of rotatable bonds is 4. The van der Waals surface area contributed by atoms with Crippen LogP contribution < -0.4 is 11.5 Å². The van der Waals surface area contributed by atoms with Crippen molar-refractivity contribution < 1.29 is 14.7 Å². The van der Waals surface area contributed by atoms with Crippen LogP contribution in [0.4, 0.5) is 0 Å². The highest BCUT2D eigenvalue weighted by atomic mass is 16.4. The summed E-state index contributed by atoms with van der Waals surface area (Å²) in [5, 5.41) is 8.22. The van der Waals surface area contributed by atoms with Gasteiger partial charge < -0.3 is 16.6 Å². The summed E-state index contributed by atoms with van der Waals surface area (Å²) < 4.78 is 0. The van der Waals surface area contributed by atoms with Crippen molar-refractivity contribution in [3.8, 4) is 0 Å². The summed E-state index contributed by atoms with van der Waals surface area (Å²) in [6.07, 6.45) is 0.123. The number of carboxylic acids is 1. The van der Waals surface area contributed by atoms with Crippen LogP contribution in [0.2, 0.25) is 0 Å². The monoisotopic (exact) mass is 147 g/mol. The summed E-state index contributed by atoms with van der Waals surface area (Å²) >= 11 is 0. The van der Waals surface area contributed by atoms with Crippen molar-refractivity contribution in [1.82, 2.24) is 0 Å². The van der Waals surface area contributed by atoms with Gasteiger partial charge in [-0.05, 0) is 6.42 Å². The Morgan fingerprint density at radius 1 is 1.50 bits per heavy atom. The largest absolute Gasteiger partial charge is 0.480 e. The van der Waals surface area contributed by atoms with E-state index in [1.165, 1.54) is 0 Å². The number of carboxylic acid groups (broad SMARTS) is 1. The molecule has 0 radical (unpaired) electrons. The fourth-order valence-electron chi connectivity index (χ4n) is 0.421. The van der Waals surface area contributed by atoms with Gasteiger partial charge >= 0.3 is 5.97 Å². The molecule has 0 aliphatic heterocycles. The minimum Gasteiger partial charge on any atom is -0.480 e.